The van der Waals surface area contributed by atoms with Gasteiger partial charge in [0.2, 0.25) is 11.8 Å². The minimum atomic E-state index is -4.42. The maximum absolute atomic E-state index is 12.3. The Morgan fingerprint density at radius 3 is 2.83 bits per heavy atom. The van der Waals surface area contributed by atoms with E-state index in [0.29, 0.717) is 36.4 Å². The molecule has 0 bridgehead atoms. The van der Waals surface area contributed by atoms with Gasteiger partial charge in [-0.15, -0.1) is 0 Å². The molecule has 160 valence electrons. The first-order valence-electron chi connectivity index (χ1n) is 9.18. The number of aryl methyl sites for hydroxylation is 1. The average Bonchev–Trinajstić information content (AvgIpc) is 3.08. The Morgan fingerprint density at radius 1 is 1.33 bits per heavy atom. The summed E-state index contributed by atoms with van der Waals surface area (Å²) in [6.07, 6.45) is 0.495. The molecule has 30 heavy (non-hydrogen) atoms. The van der Waals surface area contributed by atoms with Gasteiger partial charge in [0.25, 0.3) is 0 Å². The highest BCUT2D eigenvalue weighted by Crippen LogP contribution is 2.21. The van der Waals surface area contributed by atoms with E-state index in [9.17, 15) is 18.0 Å². The zero-order chi connectivity index (χ0) is 21.7. The van der Waals surface area contributed by atoms with Crippen LogP contribution in [0, 0.1) is 6.92 Å². The Bertz CT molecular complexity index is 1030. The molecule has 0 aliphatic heterocycles. The van der Waals surface area contributed by atoms with Gasteiger partial charge < -0.3 is 15.8 Å². The summed E-state index contributed by atoms with van der Waals surface area (Å²) < 4.78 is 43.3. The van der Waals surface area contributed by atoms with Gasteiger partial charge in [-0.1, -0.05) is 0 Å². The molecule has 0 spiro atoms. The fourth-order valence-corrected chi connectivity index (χ4v) is 2.89. The normalized spacial score (nSPS) is 11.6. The highest BCUT2D eigenvalue weighted by molar-refractivity contribution is 5.86. The third kappa shape index (κ3) is 5.66. The van der Waals surface area contributed by atoms with Gasteiger partial charge >= 0.3 is 6.18 Å². The van der Waals surface area contributed by atoms with Crippen molar-refractivity contribution in [2.45, 2.75) is 26.1 Å². The quantitative estimate of drug-likeness (QED) is 0.573. The lowest BCUT2D eigenvalue weighted by atomic mass is 10.2. The van der Waals surface area contributed by atoms with E-state index in [1.807, 2.05) is 0 Å². The van der Waals surface area contributed by atoms with E-state index in [1.54, 1.807) is 36.1 Å². The van der Waals surface area contributed by atoms with Gasteiger partial charge in [-0.25, -0.2) is 4.98 Å². The van der Waals surface area contributed by atoms with Gasteiger partial charge in [0.05, 0.1) is 24.2 Å². The van der Waals surface area contributed by atoms with Crippen LogP contribution in [0.2, 0.25) is 0 Å². The van der Waals surface area contributed by atoms with Gasteiger partial charge in [-0.2, -0.15) is 18.3 Å². The molecule has 0 aliphatic carbocycles. The van der Waals surface area contributed by atoms with Gasteiger partial charge in [-0.05, 0) is 24.6 Å². The van der Waals surface area contributed by atoms with Crippen LogP contribution in [0.4, 0.5) is 13.2 Å². The molecule has 11 heteroatoms. The van der Waals surface area contributed by atoms with E-state index in [0.717, 1.165) is 10.9 Å². The van der Waals surface area contributed by atoms with Crippen LogP contribution in [0.3, 0.4) is 0 Å². The summed E-state index contributed by atoms with van der Waals surface area (Å²) in [4.78, 5) is 20.2. The smallest absolute Gasteiger partial charge is 0.422 e. The third-order valence-electron chi connectivity index (χ3n) is 4.16. The largest absolute Gasteiger partial charge is 0.468 e. The number of carbonyl (C=O) groups excluding carboxylic acids is 1. The van der Waals surface area contributed by atoms with Gasteiger partial charge in [-0.3, -0.25) is 14.5 Å². The lowest BCUT2D eigenvalue weighted by molar-refractivity contribution is -0.154. The van der Waals surface area contributed by atoms with Crippen LogP contribution in [-0.4, -0.2) is 51.5 Å². The number of nitrogens with zero attached hydrogens (tertiary/aromatic N) is 4. The van der Waals surface area contributed by atoms with Crippen LogP contribution in [0.1, 0.15) is 16.8 Å². The second kappa shape index (κ2) is 9.08. The molecule has 3 rings (SSSR count). The standard InChI is InChI=1S/C19H21F3N6O2/c1-12-6-13(8-26-18(12)30-11-19(20,21)22)9-28-10-14-15(27-28)2-4-24-16(14)7-17(29)25-5-3-23/h2,4,6,8,10H,3,5,7,9,11,23H2,1H3,(H,25,29). The number of hydrogen-bond acceptors (Lipinski definition) is 6. The number of alkyl halides is 3. The van der Waals surface area contributed by atoms with Crippen LogP contribution in [0.25, 0.3) is 10.9 Å². The zero-order valence-electron chi connectivity index (χ0n) is 16.2. The summed E-state index contributed by atoms with van der Waals surface area (Å²) in [5.41, 5.74) is 7.90. The number of aromatic nitrogens is 4. The molecule has 1 amide bonds. The summed E-state index contributed by atoms with van der Waals surface area (Å²) >= 11 is 0. The van der Waals surface area contributed by atoms with E-state index in [-0.39, 0.29) is 18.2 Å². The Kier molecular flexibility index (Phi) is 6.50. The lowest BCUT2D eigenvalue weighted by Crippen LogP contribution is -2.30. The monoisotopic (exact) mass is 422 g/mol. The topological polar surface area (TPSA) is 108 Å². The molecule has 0 aromatic carbocycles. The highest BCUT2D eigenvalue weighted by atomic mass is 19.4. The molecule has 3 aromatic heterocycles. The molecule has 0 aliphatic rings. The molecule has 8 nitrogen and oxygen atoms in total. The number of amides is 1. The average molecular weight is 422 g/mol. The molecule has 0 radical (unpaired) electrons. The predicted octanol–water partition coefficient (Wildman–Crippen LogP) is 1.74. The van der Waals surface area contributed by atoms with Crippen LogP contribution in [-0.2, 0) is 17.8 Å². The van der Waals surface area contributed by atoms with Crippen molar-refractivity contribution in [1.29, 1.82) is 0 Å². The van der Waals surface area contributed by atoms with Crippen molar-refractivity contribution in [3.63, 3.8) is 0 Å². The zero-order valence-corrected chi connectivity index (χ0v) is 16.2. The number of hydrogen-bond donors (Lipinski definition) is 2. The second-order valence-electron chi connectivity index (χ2n) is 6.70. The van der Waals surface area contributed by atoms with Crippen LogP contribution in [0.5, 0.6) is 5.88 Å². The summed E-state index contributed by atoms with van der Waals surface area (Å²) in [6, 6.07) is 3.44. The second-order valence-corrected chi connectivity index (χ2v) is 6.70. The van der Waals surface area contributed by atoms with Crippen molar-refractivity contribution >= 4 is 16.8 Å². The van der Waals surface area contributed by atoms with E-state index in [4.69, 9.17) is 10.5 Å². The Hall–Kier alpha value is -3.21. The van der Waals surface area contributed by atoms with Crippen molar-refractivity contribution in [1.82, 2.24) is 25.1 Å². The molecular weight excluding hydrogens is 401 g/mol. The highest BCUT2D eigenvalue weighted by Gasteiger charge is 2.29. The van der Waals surface area contributed by atoms with Crippen LogP contribution < -0.4 is 15.8 Å². The number of halogens is 3. The Morgan fingerprint density at radius 2 is 2.13 bits per heavy atom. The molecule has 0 saturated heterocycles. The SMILES string of the molecule is Cc1cc(Cn2cc3c(CC(=O)NCCN)nccc3n2)cnc1OCC(F)(F)F. The first-order valence-corrected chi connectivity index (χ1v) is 9.18. The minimum Gasteiger partial charge on any atom is -0.468 e. The number of rotatable bonds is 8. The molecule has 0 atom stereocenters. The molecular formula is C19H21F3N6O2. The summed E-state index contributed by atoms with van der Waals surface area (Å²) in [5.74, 6) is -0.237. The number of pyridine rings is 2. The molecule has 3 heterocycles. The van der Waals surface area contributed by atoms with E-state index < -0.39 is 12.8 Å². The van der Waals surface area contributed by atoms with Crippen molar-refractivity contribution < 1.29 is 22.7 Å². The number of ether oxygens (including phenoxy) is 1. The lowest BCUT2D eigenvalue weighted by Gasteiger charge is -2.11. The van der Waals surface area contributed by atoms with Crippen molar-refractivity contribution in [2.75, 3.05) is 19.7 Å². The van der Waals surface area contributed by atoms with Crippen LogP contribution >= 0.6 is 0 Å². The van der Waals surface area contributed by atoms with Gasteiger partial charge in [0.1, 0.15) is 0 Å². The number of nitrogens with one attached hydrogen (secondary N) is 1. The van der Waals surface area contributed by atoms with Crippen molar-refractivity contribution in [3.8, 4) is 5.88 Å². The summed E-state index contributed by atoms with van der Waals surface area (Å²) in [5, 5.41) is 7.92. The maximum atomic E-state index is 12.3. The van der Waals surface area contributed by atoms with Crippen LogP contribution in [0.15, 0.2) is 30.7 Å². The fourth-order valence-electron chi connectivity index (χ4n) is 2.89. The van der Waals surface area contributed by atoms with Crippen molar-refractivity contribution in [2.24, 2.45) is 5.73 Å². The molecule has 3 N–H and O–H groups in total. The molecule has 0 unspecified atom stereocenters. The van der Waals surface area contributed by atoms with E-state index in [2.05, 4.69) is 20.4 Å². The van der Waals surface area contributed by atoms with E-state index in [1.165, 1.54) is 6.20 Å². The maximum Gasteiger partial charge on any atom is 0.422 e. The predicted molar refractivity (Wildman–Crippen MR) is 103 cm³/mol. The van der Waals surface area contributed by atoms with Crippen molar-refractivity contribution in [3.05, 3.63) is 47.5 Å². The Balaban J connectivity index is 1.74. The molecule has 0 saturated carbocycles. The first kappa shape index (κ1) is 21.5. The summed E-state index contributed by atoms with van der Waals surface area (Å²) in [7, 11) is 0. The number of fused-ring (bicyclic) bond motifs is 1. The number of nitrogens with two attached hydrogens (primary N) is 1. The van der Waals surface area contributed by atoms with Gasteiger partial charge in [0, 0.05) is 42.6 Å². The van der Waals surface area contributed by atoms with Gasteiger partial charge in [0.15, 0.2) is 6.61 Å². The Labute approximate surface area is 170 Å². The third-order valence-corrected chi connectivity index (χ3v) is 4.16. The van der Waals surface area contributed by atoms with E-state index >= 15 is 0 Å². The molecule has 3 aromatic rings. The summed E-state index contributed by atoms with van der Waals surface area (Å²) in [6.45, 7) is 1.34. The molecule has 0 fully saturated rings. The minimum absolute atomic E-state index is 0.0586. The number of carbonyl (C=O) groups is 1. The fraction of sp³-hybridized carbons (Fsp3) is 0.368. The first-order chi connectivity index (χ1) is 14.2.